The van der Waals surface area contributed by atoms with E-state index in [2.05, 4.69) is 36.1 Å². The van der Waals surface area contributed by atoms with Crippen molar-refractivity contribution in [2.75, 3.05) is 31.1 Å². The topological polar surface area (TPSA) is 75.6 Å². The van der Waals surface area contributed by atoms with Gasteiger partial charge in [-0.05, 0) is 13.8 Å². The summed E-state index contributed by atoms with van der Waals surface area (Å²) in [7, 11) is 0. The third kappa shape index (κ3) is 2.77. The van der Waals surface area contributed by atoms with Crippen molar-refractivity contribution >= 4 is 11.6 Å². The normalized spacial score (nSPS) is 16.3. The molecule has 0 aromatic carbocycles. The first-order valence-corrected chi connectivity index (χ1v) is 7.76. The van der Waals surface area contributed by atoms with Crippen LogP contribution < -0.4 is 4.90 Å². The van der Waals surface area contributed by atoms with Gasteiger partial charge in [0.15, 0.2) is 5.76 Å². The molecule has 8 nitrogen and oxygen atoms in total. The number of fused-ring (bicyclic) bond motifs is 1. The van der Waals surface area contributed by atoms with Gasteiger partial charge in [0.2, 0.25) is 0 Å². The van der Waals surface area contributed by atoms with Crippen LogP contribution in [0.15, 0.2) is 23.0 Å². The van der Waals surface area contributed by atoms with Gasteiger partial charge in [-0.15, -0.1) is 0 Å². The largest absolute Gasteiger partial charge is 0.360 e. The number of aromatic nitrogens is 5. The van der Waals surface area contributed by atoms with E-state index in [-0.39, 0.29) is 0 Å². The van der Waals surface area contributed by atoms with Crippen molar-refractivity contribution in [1.29, 1.82) is 0 Å². The molecule has 0 N–H and O–H groups in total. The van der Waals surface area contributed by atoms with Crippen molar-refractivity contribution in [2.24, 2.45) is 0 Å². The molecule has 3 aromatic heterocycles. The van der Waals surface area contributed by atoms with Crippen LogP contribution in [0.5, 0.6) is 0 Å². The van der Waals surface area contributed by atoms with Gasteiger partial charge in [0.05, 0.1) is 12.2 Å². The monoisotopic (exact) mass is 313 g/mol. The lowest BCUT2D eigenvalue weighted by molar-refractivity contribution is 0.219. The van der Waals surface area contributed by atoms with Crippen LogP contribution in [0.4, 0.5) is 5.82 Å². The zero-order valence-electron chi connectivity index (χ0n) is 13.3. The Balaban J connectivity index is 1.47. The fourth-order valence-electron chi connectivity index (χ4n) is 2.98. The van der Waals surface area contributed by atoms with Gasteiger partial charge in [-0.25, -0.2) is 4.98 Å². The van der Waals surface area contributed by atoms with E-state index >= 15 is 0 Å². The molecule has 1 aliphatic rings. The van der Waals surface area contributed by atoms with Crippen LogP contribution in [0.25, 0.3) is 5.78 Å². The third-order valence-electron chi connectivity index (χ3n) is 4.11. The van der Waals surface area contributed by atoms with Gasteiger partial charge in [-0.3, -0.25) is 4.90 Å². The van der Waals surface area contributed by atoms with Gasteiger partial charge in [-0.2, -0.15) is 14.6 Å². The molecule has 0 unspecified atom stereocenters. The average Bonchev–Trinajstić information content (AvgIpc) is 3.16. The highest BCUT2D eigenvalue weighted by molar-refractivity contribution is 5.47. The highest BCUT2D eigenvalue weighted by atomic mass is 16.5. The lowest BCUT2D eigenvalue weighted by Gasteiger charge is -2.35. The Morgan fingerprint density at radius 3 is 2.65 bits per heavy atom. The van der Waals surface area contributed by atoms with Crippen molar-refractivity contribution in [3.8, 4) is 0 Å². The minimum atomic E-state index is 0.652. The minimum Gasteiger partial charge on any atom is -0.360 e. The van der Waals surface area contributed by atoms with E-state index < -0.39 is 0 Å². The second-order valence-electron chi connectivity index (χ2n) is 5.93. The molecular weight excluding hydrogens is 294 g/mol. The maximum Gasteiger partial charge on any atom is 0.254 e. The molecule has 23 heavy (non-hydrogen) atoms. The molecule has 0 spiro atoms. The second kappa shape index (κ2) is 5.62. The molecule has 0 saturated carbocycles. The van der Waals surface area contributed by atoms with Crippen LogP contribution in [-0.2, 0) is 6.54 Å². The van der Waals surface area contributed by atoms with Crippen molar-refractivity contribution in [3.63, 3.8) is 0 Å². The highest BCUT2D eigenvalue weighted by Crippen LogP contribution is 2.18. The second-order valence-corrected chi connectivity index (χ2v) is 5.93. The quantitative estimate of drug-likeness (QED) is 0.715. The molecule has 1 fully saturated rings. The van der Waals surface area contributed by atoms with Crippen LogP contribution in [0.2, 0.25) is 0 Å². The van der Waals surface area contributed by atoms with Crippen LogP contribution in [0.1, 0.15) is 17.1 Å². The number of hydrogen-bond acceptors (Lipinski definition) is 7. The van der Waals surface area contributed by atoms with Gasteiger partial charge in [0.1, 0.15) is 12.1 Å². The predicted molar refractivity (Wildman–Crippen MR) is 84.2 cm³/mol. The summed E-state index contributed by atoms with van der Waals surface area (Å²) < 4.78 is 7.11. The first-order valence-electron chi connectivity index (χ1n) is 7.76. The number of nitrogens with zero attached hydrogens (tertiary/aromatic N) is 7. The first-order chi connectivity index (χ1) is 11.2. The van der Waals surface area contributed by atoms with Crippen LogP contribution in [0.3, 0.4) is 0 Å². The summed E-state index contributed by atoms with van der Waals surface area (Å²) in [5, 5.41) is 8.23. The number of aryl methyl sites for hydroxylation is 2. The Morgan fingerprint density at radius 2 is 1.91 bits per heavy atom. The summed E-state index contributed by atoms with van der Waals surface area (Å²) in [6, 6.07) is 4.06. The summed E-state index contributed by atoms with van der Waals surface area (Å²) in [5.41, 5.74) is 1.89. The summed E-state index contributed by atoms with van der Waals surface area (Å²) in [5.74, 6) is 2.63. The molecule has 4 heterocycles. The lowest BCUT2D eigenvalue weighted by atomic mass is 10.2. The molecule has 0 radical (unpaired) electrons. The molecule has 3 aromatic rings. The molecule has 1 aliphatic heterocycles. The number of piperazine rings is 1. The van der Waals surface area contributed by atoms with Crippen molar-refractivity contribution in [3.05, 3.63) is 35.6 Å². The zero-order chi connectivity index (χ0) is 15.8. The fraction of sp³-hybridized carbons (Fsp3) is 0.467. The molecule has 0 aliphatic carbocycles. The molecule has 1 saturated heterocycles. The first kappa shape index (κ1) is 14.1. The van der Waals surface area contributed by atoms with Gasteiger partial charge < -0.3 is 9.42 Å². The summed E-state index contributed by atoms with van der Waals surface area (Å²) in [6.07, 6.45) is 1.55. The molecule has 0 amide bonds. The Labute approximate surface area is 133 Å². The minimum absolute atomic E-state index is 0.652. The molecule has 120 valence electrons. The van der Waals surface area contributed by atoms with Gasteiger partial charge in [-0.1, -0.05) is 5.16 Å². The van der Waals surface area contributed by atoms with E-state index in [1.165, 1.54) is 0 Å². The number of hydrogen-bond donors (Lipinski definition) is 0. The van der Waals surface area contributed by atoms with E-state index in [4.69, 9.17) is 4.52 Å². The Morgan fingerprint density at radius 1 is 1.09 bits per heavy atom. The van der Waals surface area contributed by atoms with E-state index in [9.17, 15) is 0 Å². The fourth-order valence-corrected chi connectivity index (χ4v) is 2.98. The van der Waals surface area contributed by atoms with Gasteiger partial charge in [0, 0.05) is 44.0 Å². The third-order valence-corrected chi connectivity index (χ3v) is 4.11. The van der Waals surface area contributed by atoms with Crippen LogP contribution in [-0.4, -0.2) is 55.8 Å². The molecule has 0 atom stereocenters. The Kier molecular flexibility index (Phi) is 3.45. The Bertz CT molecular complexity index is 816. The predicted octanol–water partition coefficient (Wildman–Crippen LogP) is 1.05. The zero-order valence-corrected chi connectivity index (χ0v) is 13.3. The standard InChI is InChI=1S/C15H19N7O/c1-11-8-14(22-15(18-11)16-10-17-22)21-5-3-20(4-6-21)9-13-7-12(2)19-23-13/h7-8,10H,3-6,9H2,1-2H3. The SMILES string of the molecule is Cc1cc(CN2CCN(c3cc(C)nc4ncnn34)CC2)on1. The van der Waals surface area contributed by atoms with E-state index in [1.54, 1.807) is 6.33 Å². The molecule has 8 heteroatoms. The number of rotatable bonds is 3. The van der Waals surface area contributed by atoms with E-state index in [0.29, 0.717) is 5.78 Å². The maximum absolute atomic E-state index is 5.31. The van der Waals surface area contributed by atoms with E-state index in [1.807, 2.05) is 24.4 Å². The smallest absolute Gasteiger partial charge is 0.254 e. The summed E-state index contributed by atoms with van der Waals surface area (Å²) >= 11 is 0. The highest BCUT2D eigenvalue weighted by Gasteiger charge is 2.21. The average molecular weight is 313 g/mol. The lowest BCUT2D eigenvalue weighted by Crippen LogP contribution is -2.46. The molecule has 4 rings (SSSR count). The Hall–Kier alpha value is -2.48. The van der Waals surface area contributed by atoms with Crippen molar-refractivity contribution in [1.82, 2.24) is 29.6 Å². The van der Waals surface area contributed by atoms with Crippen molar-refractivity contribution < 1.29 is 4.52 Å². The van der Waals surface area contributed by atoms with Gasteiger partial charge in [0.25, 0.3) is 5.78 Å². The van der Waals surface area contributed by atoms with Gasteiger partial charge >= 0.3 is 0 Å². The summed E-state index contributed by atoms with van der Waals surface area (Å²) in [6.45, 7) is 8.55. The van der Waals surface area contributed by atoms with Crippen LogP contribution >= 0.6 is 0 Å². The van der Waals surface area contributed by atoms with E-state index in [0.717, 1.165) is 55.7 Å². The van der Waals surface area contributed by atoms with Crippen LogP contribution in [0, 0.1) is 13.8 Å². The molecular formula is C15H19N7O. The maximum atomic E-state index is 5.31. The summed E-state index contributed by atoms with van der Waals surface area (Å²) in [4.78, 5) is 13.3. The number of anilines is 1. The molecule has 0 bridgehead atoms. The van der Waals surface area contributed by atoms with Crippen molar-refractivity contribution in [2.45, 2.75) is 20.4 Å².